The van der Waals surface area contributed by atoms with Crippen LogP contribution in [0.15, 0.2) is 58.2 Å². The Labute approximate surface area is 154 Å². The molecule has 0 aliphatic carbocycles. The van der Waals surface area contributed by atoms with Gasteiger partial charge in [-0.1, -0.05) is 47.2 Å². The Kier molecular flexibility index (Phi) is 4.49. The van der Waals surface area contributed by atoms with Gasteiger partial charge >= 0.3 is 0 Å². The van der Waals surface area contributed by atoms with E-state index in [1.165, 1.54) is 11.8 Å². The fraction of sp³-hybridized carbons (Fsp3) is 0.167. The third-order valence-corrected chi connectivity index (χ3v) is 4.55. The van der Waals surface area contributed by atoms with Crippen LogP contribution in [0.25, 0.3) is 17.1 Å². The number of benzene rings is 2. The van der Waals surface area contributed by atoms with Gasteiger partial charge in [-0.05, 0) is 48.5 Å². The van der Waals surface area contributed by atoms with Crippen molar-refractivity contribution in [1.29, 1.82) is 0 Å². The van der Waals surface area contributed by atoms with Crippen LogP contribution in [0.4, 0.5) is 0 Å². The number of rotatable bonds is 5. The highest BCUT2D eigenvalue weighted by atomic mass is 32.2. The monoisotopic (exact) mass is 364 g/mol. The molecule has 2 heterocycles. The largest absolute Gasteiger partial charge is 0.411 e. The Morgan fingerprint density at radius 3 is 2.50 bits per heavy atom. The number of hydrogen-bond acceptors (Lipinski definition) is 7. The first-order valence-corrected chi connectivity index (χ1v) is 9.05. The molecule has 0 aliphatic heterocycles. The maximum atomic E-state index is 5.79. The lowest BCUT2D eigenvalue weighted by atomic mass is 10.1. The smallest absolute Gasteiger partial charge is 0.277 e. The van der Waals surface area contributed by atoms with Gasteiger partial charge in [0.25, 0.3) is 5.22 Å². The molecule has 0 fully saturated rings. The van der Waals surface area contributed by atoms with Crippen molar-refractivity contribution >= 4 is 11.8 Å². The second-order valence-electron chi connectivity index (χ2n) is 5.88. The molecule has 0 atom stereocenters. The van der Waals surface area contributed by atoms with Crippen LogP contribution in [0.5, 0.6) is 0 Å². The van der Waals surface area contributed by atoms with Crippen LogP contribution in [0, 0.1) is 13.8 Å². The molecule has 0 saturated heterocycles. The molecule has 2 aromatic heterocycles. The normalized spacial score (nSPS) is 11.0. The molecule has 0 bridgehead atoms. The summed E-state index contributed by atoms with van der Waals surface area (Å²) in [7, 11) is 0. The summed E-state index contributed by atoms with van der Waals surface area (Å²) in [4.78, 5) is 0. The fourth-order valence-electron chi connectivity index (χ4n) is 2.67. The molecule has 8 heteroatoms. The van der Waals surface area contributed by atoms with Crippen LogP contribution >= 0.6 is 11.8 Å². The summed E-state index contributed by atoms with van der Waals surface area (Å²) in [6.45, 7) is 4.10. The van der Waals surface area contributed by atoms with E-state index < -0.39 is 0 Å². The SMILES string of the molecule is Cc1cc(C)cc(-c2nnc(SCc3nnnn3-c3ccccc3)o2)c1. The van der Waals surface area contributed by atoms with Crippen molar-refractivity contribution in [2.45, 2.75) is 24.8 Å². The predicted octanol–water partition coefficient (Wildman–Crippen LogP) is 3.62. The number of tetrazole rings is 1. The predicted molar refractivity (Wildman–Crippen MR) is 97.9 cm³/mol. The first-order chi connectivity index (χ1) is 12.7. The average Bonchev–Trinajstić information content (AvgIpc) is 3.29. The molecular weight excluding hydrogens is 348 g/mol. The molecule has 0 unspecified atom stereocenters. The number of hydrogen-bond donors (Lipinski definition) is 0. The molecule has 0 spiro atoms. The average molecular weight is 364 g/mol. The number of aromatic nitrogens is 6. The molecule has 0 N–H and O–H groups in total. The maximum Gasteiger partial charge on any atom is 0.277 e. The minimum Gasteiger partial charge on any atom is -0.411 e. The molecular formula is C18H16N6OS. The van der Waals surface area contributed by atoms with Crippen molar-refractivity contribution in [3.05, 3.63) is 65.5 Å². The van der Waals surface area contributed by atoms with Crippen molar-refractivity contribution in [1.82, 2.24) is 30.4 Å². The fourth-order valence-corrected chi connectivity index (χ4v) is 3.34. The first kappa shape index (κ1) is 16.5. The van der Waals surface area contributed by atoms with E-state index in [2.05, 4.69) is 31.8 Å². The number of aryl methyl sites for hydroxylation is 2. The Hall–Kier alpha value is -3.00. The van der Waals surface area contributed by atoms with E-state index in [1.807, 2.05) is 56.3 Å². The van der Waals surface area contributed by atoms with Crippen LogP contribution in [0.3, 0.4) is 0 Å². The van der Waals surface area contributed by atoms with Crippen molar-refractivity contribution in [3.8, 4) is 17.1 Å². The summed E-state index contributed by atoms with van der Waals surface area (Å²) in [5.41, 5.74) is 4.16. The third-order valence-electron chi connectivity index (χ3n) is 3.73. The van der Waals surface area contributed by atoms with Crippen molar-refractivity contribution < 1.29 is 4.42 Å². The second-order valence-corrected chi connectivity index (χ2v) is 6.81. The highest BCUT2D eigenvalue weighted by Gasteiger charge is 2.13. The molecule has 0 aliphatic rings. The minimum absolute atomic E-state index is 0.488. The van der Waals surface area contributed by atoms with Crippen LogP contribution in [-0.4, -0.2) is 30.4 Å². The van der Waals surface area contributed by atoms with E-state index in [0.29, 0.717) is 22.7 Å². The Morgan fingerprint density at radius 1 is 0.962 bits per heavy atom. The quantitative estimate of drug-likeness (QED) is 0.500. The lowest BCUT2D eigenvalue weighted by Crippen LogP contribution is -2.01. The summed E-state index contributed by atoms with van der Waals surface area (Å²) in [6, 6.07) is 15.9. The van der Waals surface area contributed by atoms with Crippen molar-refractivity contribution in [2.75, 3.05) is 0 Å². The van der Waals surface area contributed by atoms with Gasteiger partial charge in [0.1, 0.15) is 0 Å². The van der Waals surface area contributed by atoms with E-state index in [9.17, 15) is 0 Å². The zero-order valence-electron chi connectivity index (χ0n) is 14.3. The summed E-state index contributed by atoms with van der Waals surface area (Å²) >= 11 is 1.41. The highest BCUT2D eigenvalue weighted by Crippen LogP contribution is 2.26. The lowest BCUT2D eigenvalue weighted by molar-refractivity contribution is 0.465. The van der Waals surface area contributed by atoms with Crippen molar-refractivity contribution in [2.24, 2.45) is 0 Å². The van der Waals surface area contributed by atoms with Gasteiger partial charge in [-0.2, -0.15) is 4.68 Å². The highest BCUT2D eigenvalue weighted by molar-refractivity contribution is 7.98. The molecule has 2 aromatic carbocycles. The molecule has 7 nitrogen and oxygen atoms in total. The van der Waals surface area contributed by atoms with Gasteiger partial charge in [0.05, 0.1) is 11.4 Å². The molecule has 26 heavy (non-hydrogen) atoms. The summed E-state index contributed by atoms with van der Waals surface area (Å²) in [5, 5.41) is 20.7. The zero-order chi connectivity index (χ0) is 17.9. The second kappa shape index (κ2) is 7.09. The van der Waals surface area contributed by atoms with Gasteiger partial charge < -0.3 is 4.42 Å². The van der Waals surface area contributed by atoms with Crippen molar-refractivity contribution in [3.63, 3.8) is 0 Å². The summed E-state index contributed by atoms with van der Waals surface area (Å²) < 4.78 is 7.49. The van der Waals surface area contributed by atoms with Crippen LogP contribution in [0.1, 0.15) is 17.0 Å². The first-order valence-electron chi connectivity index (χ1n) is 8.07. The maximum absolute atomic E-state index is 5.79. The van der Waals surface area contributed by atoms with Gasteiger partial charge in [-0.25, -0.2) is 0 Å². The minimum atomic E-state index is 0.488. The Morgan fingerprint density at radius 2 is 1.73 bits per heavy atom. The molecule has 0 radical (unpaired) electrons. The van der Waals surface area contributed by atoms with Gasteiger partial charge in [0.15, 0.2) is 5.82 Å². The summed E-state index contributed by atoms with van der Waals surface area (Å²) in [5.74, 6) is 1.76. The van der Waals surface area contributed by atoms with Crippen LogP contribution in [-0.2, 0) is 5.75 Å². The van der Waals surface area contributed by atoms with E-state index in [4.69, 9.17) is 4.42 Å². The zero-order valence-corrected chi connectivity index (χ0v) is 15.1. The third kappa shape index (κ3) is 3.50. The standard InChI is InChI=1S/C18H16N6OS/c1-12-8-13(2)10-14(9-12)17-20-21-18(25-17)26-11-16-19-22-23-24(16)15-6-4-3-5-7-15/h3-10H,11H2,1-2H3. The van der Waals surface area contributed by atoms with E-state index in [-0.39, 0.29) is 0 Å². The summed E-state index contributed by atoms with van der Waals surface area (Å²) in [6.07, 6.45) is 0. The van der Waals surface area contributed by atoms with Gasteiger partial charge in [-0.3, -0.25) is 0 Å². The lowest BCUT2D eigenvalue weighted by Gasteiger charge is -2.02. The number of thioether (sulfide) groups is 1. The molecule has 0 saturated carbocycles. The van der Waals surface area contributed by atoms with E-state index >= 15 is 0 Å². The van der Waals surface area contributed by atoms with Gasteiger partial charge in [0.2, 0.25) is 5.89 Å². The molecule has 4 aromatic rings. The molecule has 4 rings (SSSR count). The van der Waals surface area contributed by atoms with E-state index in [1.54, 1.807) is 4.68 Å². The number of nitrogens with zero attached hydrogens (tertiary/aromatic N) is 6. The molecule has 130 valence electrons. The Balaban J connectivity index is 1.50. The van der Waals surface area contributed by atoms with Crippen LogP contribution in [0.2, 0.25) is 0 Å². The number of para-hydroxylation sites is 1. The molecule has 0 amide bonds. The van der Waals surface area contributed by atoms with Gasteiger partial charge in [-0.15, -0.1) is 15.3 Å². The topological polar surface area (TPSA) is 82.5 Å². The van der Waals surface area contributed by atoms with Crippen LogP contribution < -0.4 is 0 Å². The van der Waals surface area contributed by atoms with Gasteiger partial charge in [0, 0.05) is 5.56 Å². The Bertz CT molecular complexity index is 1010. The van der Waals surface area contributed by atoms with E-state index in [0.717, 1.165) is 22.4 Å².